The molecule has 4 heteroatoms. The molecule has 0 saturated carbocycles. The SMILES string of the molecule is CCOP(=O)(CCCN)c1ccccc1. The highest BCUT2D eigenvalue weighted by Gasteiger charge is 2.23. The Labute approximate surface area is 91.1 Å². The highest BCUT2D eigenvalue weighted by atomic mass is 31.2. The highest BCUT2D eigenvalue weighted by molar-refractivity contribution is 7.67. The second-order valence-electron chi connectivity index (χ2n) is 3.29. The normalized spacial score (nSPS) is 14.8. The minimum Gasteiger partial charge on any atom is -0.330 e. The summed E-state index contributed by atoms with van der Waals surface area (Å²) >= 11 is 0. The maximum absolute atomic E-state index is 12.5. The molecule has 1 aromatic carbocycles. The summed E-state index contributed by atoms with van der Waals surface area (Å²) in [5.41, 5.74) is 5.43. The zero-order valence-corrected chi connectivity index (χ0v) is 9.95. The van der Waals surface area contributed by atoms with Crippen molar-refractivity contribution in [3.63, 3.8) is 0 Å². The molecule has 0 saturated heterocycles. The van der Waals surface area contributed by atoms with Crippen molar-refractivity contribution in [2.45, 2.75) is 13.3 Å². The molecule has 1 rings (SSSR count). The average molecular weight is 227 g/mol. The summed E-state index contributed by atoms with van der Waals surface area (Å²) in [4.78, 5) is 0. The molecule has 2 N–H and O–H groups in total. The summed E-state index contributed by atoms with van der Waals surface area (Å²) in [5, 5.41) is 0.792. The smallest absolute Gasteiger partial charge is 0.232 e. The molecule has 0 aliphatic carbocycles. The van der Waals surface area contributed by atoms with Gasteiger partial charge in [-0.15, -0.1) is 0 Å². The van der Waals surface area contributed by atoms with Gasteiger partial charge in [-0.1, -0.05) is 18.2 Å². The molecule has 0 aliphatic heterocycles. The first-order valence-corrected chi connectivity index (χ1v) is 7.03. The van der Waals surface area contributed by atoms with Crippen molar-refractivity contribution in [1.29, 1.82) is 0 Å². The monoisotopic (exact) mass is 227 g/mol. The van der Waals surface area contributed by atoms with Crippen LogP contribution in [0.4, 0.5) is 0 Å². The Bertz CT molecular complexity index is 327. The van der Waals surface area contributed by atoms with Gasteiger partial charge in [-0.3, -0.25) is 4.57 Å². The van der Waals surface area contributed by atoms with E-state index in [1.807, 2.05) is 37.3 Å². The topological polar surface area (TPSA) is 52.3 Å². The van der Waals surface area contributed by atoms with Crippen molar-refractivity contribution in [3.8, 4) is 0 Å². The van der Waals surface area contributed by atoms with E-state index >= 15 is 0 Å². The van der Waals surface area contributed by atoms with Gasteiger partial charge in [0.2, 0.25) is 7.37 Å². The van der Waals surface area contributed by atoms with Gasteiger partial charge in [0.15, 0.2) is 0 Å². The third-order valence-corrected chi connectivity index (χ3v) is 4.81. The third-order valence-electron chi connectivity index (χ3n) is 2.14. The second-order valence-corrected chi connectivity index (χ2v) is 5.86. The van der Waals surface area contributed by atoms with Crippen LogP contribution in [0, 0.1) is 0 Å². The maximum Gasteiger partial charge on any atom is 0.232 e. The first-order chi connectivity index (χ1) is 7.23. The summed E-state index contributed by atoms with van der Waals surface area (Å²) in [6.45, 7) is 2.87. The summed E-state index contributed by atoms with van der Waals surface area (Å²) in [6.07, 6.45) is 1.26. The lowest BCUT2D eigenvalue weighted by atomic mass is 10.4. The highest BCUT2D eigenvalue weighted by Crippen LogP contribution is 2.45. The Hall–Kier alpha value is -0.630. The van der Waals surface area contributed by atoms with E-state index in [1.165, 1.54) is 0 Å². The number of hydrogen-bond donors (Lipinski definition) is 1. The van der Waals surface area contributed by atoms with Crippen LogP contribution in [0.1, 0.15) is 13.3 Å². The number of rotatable bonds is 6. The molecular formula is C11H18NO2P. The minimum absolute atomic E-state index is 0.469. The Kier molecular flexibility index (Phi) is 5.03. The first-order valence-electron chi connectivity index (χ1n) is 5.22. The van der Waals surface area contributed by atoms with Crippen LogP contribution in [0.25, 0.3) is 0 Å². The van der Waals surface area contributed by atoms with Crippen molar-refractivity contribution in [2.75, 3.05) is 19.3 Å². The summed E-state index contributed by atoms with van der Waals surface area (Å²) in [5.74, 6) is 0. The van der Waals surface area contributed by atoms with E-state index in [4.69, 9.17) is 10.3 Å². The van der Waals surface area contributed by atoms with Crippen LogP contribution in [0.15, 0.2) is 30.3 Å². The van der Waals surface area contributed by atoms with Crippen LogP contribution < -0.4 is 11.0 Å². The van der Waals surface area contributed by atoms with Crippen LogP contribution in [0.3, 0.4) is 0 Å². The fraction of sp³-hybridized carbons (Fsp3) is 0.455. The van der Waals surface area contributed by atoms with Gasteiger partial charge in [-0.05, 0) is 32.0 Å². The summed E-state index contributed by atoms with van der Waals surface area (Å²) in [7, 11) is -2.67. The Morgan fingerprint density at radius 2 is 2.00 bits per heavy atom. The minimum atomic E-state index is -2.67. The van der Waals surface area contributed by atoms with Gasteiger partial charge < -0.3 is 10.3 Å². The lowest BCUT2D eigenvalue weighted by Gasteiger charge is -2.17. The van der Waals surface area contributed by atoms with Crippen molar-refractivity contribution in [3.05, 3.63) is 30.3 Å². The van der Waals surface area contributed by atoms with E-state index in [9.17, 15) is 4.57 Å². The van der Waals surface area contributed by atoms with Gasteiger partial charge in [-0.25, -0.2) is 0 Å². The lowest BCUT2D eigenvalue weighted by molar-refractivity contribution is 0.340. The molecule has 0 amide bonds. The molecule has 15 heavy (non-hydrogen) atoms. The van der Waals surface area contributed by atoms with Crippen LogP contribution in [-0.4, -0.2) is 19.3 Å². The molecule has 0 bridgehead atoms. The molecule has 84 valence electrons. The zero-order valence-electron chi connectivity index (χ0n) is 9.06. The molecule has 1 unspecified atom stereocenters. The molecule has 0 heterocycles. The van der Waals surface area contributed by atoms with E-state index in [2.05, 4.69) is 0 Å². The molecule has 1 atom stereocenters. The van der Waals surface area contributed by atoms with Crippen molar-refractivity contribution in [1.82, 2.24) is 0 Å². The molecular weight excluding hydrogens is 209 g/mol. The van der Waals surface area contributed by atoms with Crippen molar-refractivity contribution < 1.29 is 9.09 Å². The number of benzene rings is 1. The lowest BCUT2D eigenvalue weighted by Crippen LogP contribution is -2.12. The first kappa shape index (κ1) is 12.4. The fourth-order valence-electron chi connectivity index (χ4n) is 1.43. The fourth-order valence-corrected chi connectivity index (χ4v) is 3.61. The molecule has 3 nitrogen and oxygen atoms in total. The van der Waals surface area contributed by atoms with E-state index in [-0.39, 0.29) is 0 Å². The van der Waals surface area contributed by atoms with Gasteiger partial charge in [0.1, 0.15) is 0 Å². The van der Waals surface area contributed by atoms with E-state index in [0.29, 0.717) is 19.3 Å². The molecule has 0 radical (unpaired) electrons. The second kappa shape index (κ2) is 6.06. The zero-order chi connectivity index (χ0) is 11.1. The van der Waals surface area contributed by atoms with Crippen LogP contribution >= 0.6 is 7.37 Å². The van der Waals surface area contributed by atoms with E-state index in [1.54, 1.807) is 0 Å². The molecule has 1 aromatic rings. The van der Waals surface area contributed by atoms with Crippen LogP contribution in [-0.2, 0) is 9.09 Å². The molecule has 0 spiro atoms. The molecule has 0 fully saturated rings. The Balaban J connectivity index is 2.86. The van der Waals surface area contributed by atoms with Gasteiger partial charge >= 0.3 is 0 Å². The van der Waals surface area contributed by atoms with Crippen LogP contribution in [0.5, 0.6) is 0 Å². The maximum atomic E-state index is 12.5. The van der Waals surface area contributed by atoms with Crippen molar-refractivity contribution in [2.24, 2.45) is 5.73 Å². The Morgan fingerprint density at radius 3 is 2.53 bits per heavy atom. The molecule has 0 aromatic heterocycles. The van der Waals surface area contributed by atoms with Crippen molar-refractivity contribution >= 4 is 12.7 Å². The largest absolute Gasteiger partial charge is 0.330 e. The number of hydrogen-bond acceptors (Lipinski definition) is 3. The summed E-state index contributed by atoms with van der Waals surface area (Å²) < 4.78 is 17.9. The van der Waals surface area contributed by atoms with E-state index in [0.717, 1.165) is 11.7 Å². The van der Waals surface area contributed by atoms with Gasteiger partial charge in [-0.2, -0.15) is 0 Å². The standard InChI is InChI=1S/C11H18NO2P/c1-2-14-15(13,10-6-9-12)11-7-4-3-5-8-11/h3-5,7-8H,2,6,9-10,12H2,1H3. The Morgan fingerprint density at radius 1 is 1.33 bits per heavy atom. The third kappa shape index (κ3) is 3.45. The van der Waals surface area contributed by atoms with Crippen LogP contribution in [0.2, 0.25) is 0 Å². The predicted octanol–water partition coefficient (Wildman–Crippen LogP) is 1.98. The predicted molar refractivity (Wildman–Crippen MR) is 63.8 cm³/mol. The van der Waals surface area contributed by atoms with E-state index < -0.39 is 7.37 Å². The molecule has 0 aliphatic rings. The number of nitrogens with two attached hydrogens (primary N) is 1. The quantitative estimate of drug-likeness (QED) is 0.756. The van der Waals surface area contributed by atoms with Gasteiger partial charge in [0, 0.05) is 11.5 Å². The van der Waals surface area contributed by atoms with Gasteiger partial charge in [0.05, 0.1) is 6.61 Å². The average Bonchev–Trinajstić information content (AvgIpc) is 2.28. The summed E-state index contributed by atoms with van der Waals surface area (Å²) in [6, 6.07) is 9.37. The van der Waals surface area contributed by atoms with Gasteiger partial charge in [0.25, 0.3) is 0 Å².